The molecule has 1 aliphatic carbocycles. The summed E-state index contributed by atoms with van der Waals surface area (Å²) in [5.74, 6) is 1.14. The number of nitro benzene ring substituents is 1. The monoisotopic (exact) mass is 642 g/mol. The Hall–Kier alpha value is -3.32. The number of imidazole rings is 1. The molecule has 2 saturated heterocycles. The summed E-state index contributed by atoms with van der Waals surface area (Å²) in [5.41, 5.74) is -0.525. The predicted molar refractivity (Wildman–Crippen MR) is 169 cm³/mol. The lowest BCUT2D eigenvalue weighted by molar-refractivity contribution is -0.387. The number of sulfonamides is 1. The Kier molecular flexibility index (Phi) is 9.97. The Morgan fingerprint density at radius 2 is 1.71 bits per heavy atom. The van der Waals surface area contributed by atoms with Crippen LogP contribution in [0.4, 0.5) is 5.69 Å². The van der Waals surface area contributed by atoms with Crippen LogP contribution >= 0.6 is 0 Å². The van der Waals surface area contributed by atoms with Crippen LogP contribution in [-0.4, -0.2) is 87.1 Å². The Balaban J connectivity index is 1.32. The van der Waals surface area contributed by atoms with Gasteiger partial charge < -0.3 is 14.4 Å². The summed E-state index contributed by atoms with van der Waals surface area (Å²) in [4.78, 5) is 46.9. The van der Waals surface area contributed by atoms with Crippen molar-refractivity contribution in [2.75, 3.05) is 26.2 Å². The molecule has 0 radical (unpaired) electrons. The minimum Gasteiger partial charge on any atom is -0.341 e. The van der Waals surface area contributed by atoms with Gasteiger partial charge in [0.05, 0.1) is 4.92 Å². The maximum absolute atomic E-state index is 14.2. The van der Waals surface area contributed by atoms with Crippen LogP contribution in [0.15, 0.2) is 41.6 Å². The van der Waals surface area contributed by atoms with E-state index < -0.39 is 43.5 Å². The van der Waals surface area contributed by atoms with Crippen LogP contribution in [0.1, 0.15) is 78.1 Å². The van der Waals surface area contributed by atoms with E-state index >= 15 is 0 Å². The minimum absolute atomic E-state index is 0.0313. The fourth-order valence-corrected chi connectivity index (χ4v) is 8.57. The molecule has 12 nitrogen and oxygen atoms in total. The molecule has 2 amide bonds. The molecule has 0 N–H and O–H groups in total. The smallest absolute Gasteiger partial charge is 0.289 e. The molecule has 45 heavy (non-hydrogen) atoms. The van der Waals surface area contributed by atoms with Gasteiger partial charge in [0.1, 0.15) is 17.9 Å². The van der Waals surface area contributed by atoms with Crippen molar-refractivity contribution < 1.29 is 22.9 Å². The average molecular weight is 643 g/mol. The van der Waals surface area contributed by atoms with Gasteiger partial charge in [-0.25, -0.2) is 13.4 Å². The van der Waals surface area contributed by atoms with Crippen LogP contribution in [-0.2, 0) is 26.0 Å². The number of piperazine rings is 1. The number of piperidine rings is 1. The first-order valence-corrected chi connectivity index (χ1v) is 17.7. The van der Waals surface area contributed by atoms with Crippen molar-refractivity contribution in [3.8, 4) is 0 Å². The molecule has 1 saturated carbocycles. The number of nitrogens with zero attached hydrogens (tertiary/aromatic N) is 6. The number of aromatic nitrogens is 2. The van der Waals surface area contributed by atoms with E-state index in [-0.39, 0.29) is 37.3 Å². The zero-order chi connectivity index (χ0) is 32.5. The molecule has 246 valence electrons. The first kappa shape index (κ1) is 33.1. The molecule has 3 fully saturated rings. The van der Waals surface area contributed by atoms with Crippen molar-refractivity contribution in [2.24, 2.45) is 17.8 Å². The predicted octanol–water partition coefficient (Wildman–Crippen LogP) is 4.27. The van der Waals surface area contributed by atoms with Gasteiger partial charge >= 0.3 is 0 Å². The number of carbonyl (C=O) groups is 2. The van der Waals surface area contributed by atoms with Gasteiger partial charge in [-0.2, -0.15) is 4.31 Å². The number of para-hydroxylation sites is 1. The highest BCUT2D eigenvalue weighted by molar-refractivity contribution is 7.89. The van der Waals surface area contributed by atoms with Crippen molar-refractivity contribution in [3.63, 3.8) is 0 Å². The number of carbonyl (C=O) groups excluding carboxylic acids is 2. The fourth-order valence-electron chi connectivity index (χ4n) is 6.82. The largest absolute Gasteiger partial charge is 0.341 e. The molecule has 2 aromatic rings. The van der Waals surface area contributed by atoms with Crippen molar-refractivity contribution >= 4 is 27.5 Å². The molecule has 1 unspecified atom stereocenters. The Morgan fingerprint density at radius 3 is 2.33 bits per heavy atom. The van der Waals surface area contributed by atoms with E-state index in [0.29, 0.717) is 31.5 Å². The molecule has 0 spiro atoms. The highest BCUT2D eigenvalue weighted by Crippen LogP contribution is 2.37. The van der Waals surface area contributed by atoms with E-state index in [1.54, 1.807) is 4.90 Å². The molecule has 13 heteroatoms. The number of hydrogen-bond donors (Lipinski definition) is 0. The van der Waals surface area contributed by atoms with E-state index in [0.717, 1.165) is 35.5 Å². The molecule has 1 aromatic carbocycles. The van der Waals surface area contributed by atoms with Crippen LogP contribution in [0.3, 0.4) is 0 Å². The van der Waals surface area contributed by atoms with Crippen LogP contribution in [0.2, 0.25) is 0 Å². The van der Waals surface area contributed by atoms with Gasteiger partial charge in [-0.05, 0) is 62.3 Å². The quantitative estimate of drug-likeness (QED) is 0.249. The standard InChI is InChI=1S/C32H46N6O6S/c1-22(2)19-27(31(39)34-14-11-24(12-15-34)21-30-33-13-16-35(30)25-9-10-25)36-17-18-37(28(32(36)40)20-23(3)4)45(43,44)29-8-6-5-7-26(29)38(41)42/h5-8,13,16,22-25,27-28H,9-12,14-15,17-21H2,1-4H3/t27?,28-/m0/s1. The van der Waals surface area contributed by atoms with Crippen LogP contribution < -0.4 is 0 Å². The zero-order valence-corrected chi connectivity index (χ0v) is 27.6. The molecule has 2 atom stereocenters. The average Bonchev–Trinajstić information content (AvgIpc) is 3.74. The van der Waals surface area contributed by atoms with E-state index in [1.807, 2.05) is 38.8 Å². The van der Waals surface area contributed by atoms with Gasteiger partial charge in [0.25, 0.3) is 15.7 Å². The number of likely N-dealkylation sites (tertiary alicyclic amines) is 1. The van der Waals surface area contributed by atoms with E-state index in [9.17, 15) is 28.1 Å². The second-order valence-corrected chi connectivity index (χ2v) is 15.5. The van der Waals surface area contributed by atoms with Gasteiger partial charge in [0, 0.05) is 57.1 Å². The molecular formula is C32H46N6O6S. The Bertz CT molecular complexity index is 1490. The molecule has 2 aliphatic heterocycles. The number of nitro groups is 1. The van der Waals surface area contributed by atoms with Crippen molar-refractivity contribution in [2.45, 2.75) is 95.7 Å². The molecule has 1 aromatic heterocycles. The Labute approximate surface area is 266 Å². The minimum atomic E-state index is -4.37. The van der Waals surface area contributed by atoms with Gasteiger partial charge in [-0.15, -0.1) is 0 Å². The number of amides is 2. The third kappa shape index (κ3) is 7.24. The third-order valence-electron chi connectivity index (χ3n) is 9.26. The zero-order valence-electron chi connectivity index (χ0n) is 26.7. The summed E-state index contributed by atoms with van der Waals surface area (Å²) in [6, 6.07) is 4.04. The summed E-state index contributed by atoms with van der Waals surface area (Å²) >= 11 is 0. The lowest BCUT2D eigenvalue weighted by atomic mass is 9.91. The van der Waals surface area contributed by atoms with Gasteiger partial charge in [0.2, 0.25) is 11.8 Å². The van der Waals surface area contributed by atoms with Crippen molar-refractivity contribution in [3.05, 3.63) is 52.6 Å². The highest BCUT2D eigenvalue weighted by atomic mass is 32.2. The van der Waals surface area contributed by atoms with Gasteiger partial charge in [-0.3, -0.25) is 19.7 Å². The van der Waals surface area contributed by atoms with Crippen LogP contribution in [0, 0.1) is 27.9 Å². The topological polar surface area (TPSA) is 139 Å². The lowest BCUT2D eigenvalue weighted by Gasteiger charge is -2.45. The lowest BCUT2D eigenvalue weighted by Crippen LogP contribution is -2.64. The maximum atomic E-state index is 14.2. The normalized spacial score (nSPS) is 21.1. The van der Waals surface area contributed by atoms with Gasteiger partial charge in [-0.1, -0.05) is 39.8 Å². The van der Waals surface area contributed by atoms with E-state index in [1.165, 1.54) is 31.0 Å². The number of hydrogen-bond acceptors (Lipinski definition) is 7. The van der Waals surface area contributed by atoms with Crippen molar-refractivity contribution in [1.82, 2.24) is 23.7 Å². The molecular weight excluding hydrogens is 596 g/mol. The maximum Gasteiger partial charge on any atom is 0.289 e. The first-order chi connectivity index (χ1) is 21.4. The number of rotatable bonds is 12. The summed E-state index contributed by atoms with van der Waals surface area (Å²) in [6.07, 6.45) is 9.68. The highest BCUT2D eigenvalue weighted by Gasteiger charge is 2.47. The fraction of sp³-hybridized carbons (Fsp3) is 0.656. The van der Waals surface area contributed by atoms with Crippen LogP contribution in [0.5, 0.6) is 0 Å². The van der Waals surface area contributed by atoms with Crippen LogP contribution in [0.25, 0.3) is 0 Å². The van der Waals surface area contributed by atoms with E-state index in [2.05, 4.69) is 15.7 Å². The second-order valence-electron chi connectivity index (χ2n) is 13.6. The molecule has 0 bridgehead atoms. The Morgan fingerprint density at radius 1 is 1.02 bits per heavy atom. The van der Waals surface area contributed by atoms with Gasteiger partial charge in [0.15, 0.2) is 4.90 Å². The van der Waals surface area contributed by atoms with Crippen molar-refractivity contribution in [1.29, 1.82) is 0 Å². The summed E-state index contributed by atoms with van der Waals surface area (Å²) < 4.78 is 31.1. The number of benzene rings is 1. The summed E-state index contributed by atoms with van der Waals surface area (Å²) in [7, 11) is -4.37. The first-order valence-electron chi connectivity index (χ1n) is 16.2. The molecule has 3 aliphatic rings. The third-order valence-corrected chi connectivity index (χ3v) is 11.2. The van der Waals surface area contributed by atoms with E-state index in [4.69, 9.17) is 0 Å². The SMILES string of the molecule is CC(C)CC(C(=O)N1CCC(Cc2nccn2C2CC2)CC1)N1CCN(S(=O)(=O)c2ccccc2[N+](=O)[O-])[C@@H](CC(C)C)C1=O. The second kappa shape index (κ2) is 13.6. The summed E-state index contributed by atoms with van der Waals surface area (Å²) in [5, 5.41) is 11.7. The summed E-state index contributed by atoms with van der Waals surface area (Å²) in [6.45, 7) is 9.04. The molecule has 5 rings (SSSR count). The molecule has 3 heterocycles.